The van der Waals surface area contributed by atoms with Crippen LogP contribution in [0.4, 0.5) is 0 Å². The van der Waals surface area contributed by atoms with Crippen molar-refractivity contribution in [3.05, 3.63) is 94.5 Å². The smallest absolute Gasteiger partial charge is 0.267 e. The molecule has 8 heteroatoms. The Hall–Kier alpha value is -4.59. The van der Waals surface area contributed by atoms with E-state index in [0.717, 1.165) is 35.4 Å². The number of aryl methyl sites for hydroxylation is 1. The van der Waals surface area contributed by atoms with Gasteiger partial charge in [0.15, 0.2) is 5.69 Å². The van der Waals surface area contributed by atoms with Gasteiger partial charge in [0.25, 0.3) is 17.4 Å². The van der Waals surface area contributed by atoms with Gasteiger partial charge in [-0.05, 0) is 35.4 Å². The van der Waals surface area contributed by atoms with Crippen LogP contribution in [-0.2, 0) is 6.54 Å². The van der Waals surface area contributed by atoms with Gasteiger partial charge in [0.2, 0.25) is 0 Å². The summed E-state index contributed by atoms with van der Waals surface area (Å²) in [5.74, 6) is -1.11. The molecule has 0 radical (unpaired) electrons. The second-order valence-corrected chi connectivity index (χ2v) is 8.58. The Labute approximate surface area is 206 Å². The van der Waals surface area contributed by atoms with Gasteiger partial charge in [0.05, 0.1) is 16.5 Å². The minimum absolute atomic E-state index is 0.0727. The minimum atomic E-state index is -0.609. The van der Waals surface area contributed by atoms with Crippen LogP contribution in [0.5, 0.6) is 0 Å². The molecule has 0 fully saturated rings. The third-order valence-electron chi connectivity index (χ3n) is 6.20. The van der Waals surface area contributed by atoms with E-state index >= 15 is 0 Å². The van der Waals surface area contributed by atoms with Crippen molar-refractivity contribution in [1.29, 1.82) is 0 Å². The molecule has 2 aromatic heterocycles. The molecule has 2 amide bonds. The van der Waals surface area contributed by atoms with Crippen LogP contribution in [0.2, 0.25) is 0 Å². The number of nitrogens with one attached hydrogen (secondary N) is 2. The fourth-order valence-corrected chi connectivity index (χ4v) is 4.41. The van der Waals surface area contributed by atoms with E-state index in [-0.39, 0.29) is 11.3 Å². The lowest BCUT2D eigenvalue weighted by molar-refractivity contribution is 0.0844. The number of carbonyl (C=O) groups excluding carboxylic acids is 2. The maximum atomic E-state index is 13.2. The summed E-state index contributed by atoms with van der Waals surface area (Å²) in [7, 11) is 0. The van der Waals surface area contributed by atoms with Crippen molar-refractivity contribution in [2.45, 2.75) is 32.7 Å². The molecule has 0 bridgehead atoms. The summed E-state index contributed by atoms with van der Waals surface area (Å²) in [6.45, 7) is 2.49. The molecule has 0 aliphatic heterocycles. The number of rotatable bonds is 6. The normalized spacial score (nSPS) is 11.1. The summed E-state index contributed by atoms with van der Waals surface area (Å²) in [5.41, 5.74) is 5.68. The molecule has 180 valence electrons. The highest BCUT2D eigenvalue weighted by Gasteiger charge is 2.19. The molecule has 36 heavy (non-hydrogen) atoms. The van der Waals surface area contributed by atoms with Crippen molar-refractivity contribution in [3.8, 4) is 0 Å². The van der Waals surface area contributed by atoms with Gasteiger partial charge in [-0.2, -0.15) is 5.10 Å². The summed E-state index contributed by atoms with van der Waals surface area (Å²) < 4.78 is 1.33. The highest BCUT2D eigenvalue weighted by atomic mass is 16.2. The van der Waals surface area contributed by atoms with Crippen molar-refractivity contribution < 1.29 is 9.59 Å². The molecule has 0 unspecified atom stereocenters. The Bertz CT molecular complexity index is 1680. The number of hydrogen-bond acceptors (Lipinski definition) is 5. The SMILES string of the molecule is CCCCCn1nc(C(=O)NNC(=O)c2cc3ccccc3c3cccnc23)c2ccccc2c1=O. The summed E-state index contributed by atoms with van der Waals surface area (Å²) in [6.07, 6.45) is 4.36. The Morgan fingerprint density at radius 2 is 1.53 bits per heavy atom. The van der Waals surface area contributed by atoms with Crippen molar-refractivity contribution in [2.75, 3.05) is 0 Å². The van der Waals surface area contributed by atoms with Gasteiger partial charge < -0.3 is 0 Å². The Balaban J connectivity index is 1.45. The average Bonchev–Trinajstić information content (AvgIpc) is 2.92. The van der Waals surface area contributed by atoms with Gasteiger partial charge in [-0.1, -0.05) is 68.3 Å². The van der Waals surface area contributed by atoms with Gasteiger partial charge in [0, 0.05) is 23.5 Å². The van der Waals surface area contributed by atoms with Crippen LogP contribution in [0.25, 0.3) is 32.4 Å². The van der Waals surface area contributed by atoms with E-state index in [4.69, 9.17) is 0 Å². The van der Waals surface area contributed by atoms with E-state index in [9.17, 15) is 14.4 Å². The van der Waals surface area contributed by atoms with Crippen LogP contribution in [-0.4, -0.2) is 26.6 Å². The van der Waals surface area contributed by atoms with Gasteiger partial charge in [-0.15, -0.1) is 0 Å². The third kappa shape index (κ3) is 4.29. The fraction of sp³-hybridized carbons (Fsp3) is 0.179. The van der Waals surface area contributed by atoms with Crippen LogP contribution >= 0.6 is 0 Å². The largest absolute Gasteiger partial charge is 0.290 e. The predicted octanol–water partition coefficient (Wildman–Crippen LogP) is 4.36. The van der Waals surface area contributed by atoms with Crippen molar-refractivity contribution in [2.24, 2.45) is 0 Å². The molecule has 8 nitrogen and oxygen atoms in total. The van der Waals surface area contributed by atoms with Crippen molar-refractivity contribution >= 4 is 44.3 Å². The van der Waals surface area contributed by atoms with Crippen LogP contribution < -0.4 is 16.4 Å². The number of unbranched alkanes of at least 4 members (excludes halogenated alkanes) is 2. The second-order valence-electron chi connectivity index (χ2n) is 8.58. The maximum absolute atomic E-state index is 13.2. The second kappa shape index (κ2) is 9.95. The third-order valence-corrected chi connectivity index (χ3v) is 6.20. The van der Waals surface area contributed by atoms with E-state index in [1.807, 2.05) is 36.4 Å². The molecular formula is C28H25N5O3. The van der Waals surface area contributed by atoms with Crippen LogP contribution in [0.1, 0.15) is 47.0 Å². The molecule has 0 atom stereocenters. The van der Waals surface area contributed by atoms with Crippen LogP contribution in [0.15, 0.2) is 77.7 Å². The Morgan fingerprint density at radius 1 is 0.833 bits per heavy atom. The summed E-state index contributed by atoms with van der Waals surface area (Å²) in [6, 6.07) is 20.1. The predicted molar refractivity (Wildman–Crippen MR) is 140 cm³/mol. The van der Waals surface area contributed by atoms with E-state index < -0.39 is 11.8 Å². The Kier molecular flexibility index (Phi) is 6.40. The zero-order valence-electron chi connectivity index (χ0n) is 19.8. The van der Waals surface area contributed by atoms with E-state index in [0.29, 0.717) is 28.4 Å². The fourth-order valence-electron chi connectivity index (χ4n) is 4.41. The summed E-state index contributed by atoms with van der Waals surface area (Å²) in [5, 5.41) is 7.90. The lowest BCUT2D eigenvalue weighted by Crippen LogP contribution is -2.43. The first-order chi connectivity index (χ1) is 17.6. The van der Waals surface area contributed by atoms with Gasteiger partial charge in [0.1, 0.15) is 0 Å². The number of nitrogens with zero attached hydrogens (tertiary/aromatic N) is 3. The highest BCUT2D eigenvalue weighted by molar-refractivity contribution is 6.16. The lowest BCUT2D eigenvalue weighted by Gasteiger charge is -2.13. The van der Waals surface area contributed by atoms with Crippen molar-refractivity contribution in [3.63, 3.8) is 0 Å². The molecular weight excluding hydrogens is 454 g/mol. The van der Waals surface area contributed by atoms with Gasteiger partial charge in [-0.3, -0.25) is 30.2 Å². The number of pyridine rings is 1. The topological polar surface area (TPSA) is 106 Å². The number of amides is 2. The highest BCUT2D eigenvalue weighted by Crippen LogP contribution is 2.27. The van der Waals surface area contributed by atoms with Crippen LogP contribution in [0, 0.1) is 0 Å². The Morgan fingerprint density at radius 3 is 2.33 bits per heavy atom. The number of benzene rings is 3. The van der Waals surface area contributed by atoms with E-state index in [2.05, 4.69) is 27.9 Å². The molecule has 0 aliphatic carbocycles. The molecule has 0 saturated heterocycles. The number of hydrogen-bond donors (Lipinski definition) is 2. The number of aromatic nitrogens is 3. The molecule has 5 rings (SSSR count). The zero-order chi connectivity index (χ0) is 25.1. The average molecular weight is 480 g/mol. The summed E-state index contributed by atoms with van der Waals surface area (Å²) in [4.78, 5) is 43.6. The standard InChI is InChI=1S/C28H25N5O3/c1-2-3-8-16-33-28(36)22-13-7-6-12-21(22)25(32-33)27(35)31-30-26(34)23-17-18-10-4-5-11-19(18)20-14-9-15-29-24(20)23/h4-7,9-15,17H,2-3,8,16H2,1H3,(H,30,34)(H,31,35). The first-order valence-electron chi connectivity index (χ1n) is 12.0. The first kappa shape index (κ1) is 23.2. The number of fused-ring (bicyclic) bond motifs is 4. The number of hydrazine groups is 1. The van der Waals surface area contributed by atoms with Gasteiger partial charge in [-0.25, -0.2) is 4.68 Å². The zero-order valence-corrected chi connectivity index (χ0v) is 19.8. The van der Waals surface area contributed by atoms with Crippen LogP contribution in [0.3, 0.4) is 0 Å². The molecule has 0 spiro atoms. The van der Waals surface area contributed by atoms with Crippen molar-refractivity contribution in [1.82, 2.24) is 25.6 Å². The number of carbonyl (C=O) groups is 2. The minimum Gasteiger partial charge on any atom is -0.267 e. The monoisotopic (exact) mass is 479 g/mol. The molecule has 2 N–H and O–H groups in total. The maximum Gasteiger partial charge on any atom is 0.290 e. The quantitative estimate of drug-likeness (QED) is 0.214. The molecule has 5 aromatic rings. The molecule has 0 aliphatic rings. The lowest BCUT2D eigenvalue weighted by atomic mass is 10.0. The molecule has 0 saturated carbocycles. The molecule has 2 heterocycles. The molecule has 3 aromatic carbocycles. The van der Waals surface area contributed by atoms with E-state index in [1.54, 1.807) is 36.5 Å². The first-order valence-corrected chi connectivity index (χ1v) is 12.0. The van der Waals surface area contributed by atoms with E-state index in [1.165, 1.54) is 4.68 Å². The van der Waals surface area contributed by atoms with Gasteiger partial charge >= 0.3 is 0 Å². The summed E-state index contributed by atoms with van der Waals surface area (Å²) >= 11 is 0.